The number of nitrogens with zero attached hydrogens (tertiary/aromatic N) is 5. The average Bonchev–Trinajstić information content (AvgIpc) is 2.71. The van der Waals surface area contributed by atoms with Crippen molar-refractivity contribution in [2.75, 3.05) is 23.7 Å². The molecule has 3 aromatic rings. The summed E-state index contributed by atoms with van der Waals surface area (Å²) in [4.78, 5) is 22.6. The van der Waals surface area contributed by atoms with Gasteiger partial charge in [0.2, 0.25) is 5.95 Å². The number of halogens is 2. The molecule has 0 fully saturated rings. The standard InChI is InChI=1S/C18H13Cl2N7O2/c19-12-1-3-14(15(20)7-12)17-11(8-21)9-25-18(26-17)23-6-5-22-16-4-2-13(10-24-16)27(28)29/h1-4,7,9-10H,5-6H2,(H,22,24)(H,23,25,26). The van der Waals surface area contributed by atoms with E-state index >= 15 is 0 Å². The van der Waals surface area contributed by atoms with Crippen molar-refractivity contribution in [3.05, 3.63) is 68.4 Å². The third-order valence-corrected chi connectivity index (χ3v) is 4.32. The van der Waals surface area contributed by atoms with Crippen LogP contribution in [-0.2, 0) is 0 Å². The Bertz CT molecular complexity index is 1080. The Hall–Kier alpha value is -3.48. The number of nitriles is 1. The highest BCUT2D eigenvalue weighted by molar-refractivity contribution is 6.36. The van der Waals surface area contributed by atoms with E-state index in [2.05, 4.69) is 31.7 Å². The first-order chi connectivity index (χ1) is 14.0. The molecule has 0 aliphatic carbocycles. The van der Waals surface area contributed by atoms with Gasteiger partial charge in [-0.1, -0.05) is 23.2 Å². The molecule has 0 bridgehead atoms. The van der Waals surface area contributed by atoms with Crippen LogP contribution < -0.4 is 10.6 Å². The largest absolute Gasteiger partial charge is 0.368 e. The number of hydrogen-bond donors (Lipinski definition) is 2. The van der Waals surface area contributed by atoms with Gasteiger partial charge in [0, 0.05) is 29.7 Å². The zero-order valence-corrected chi connectivity index (χ0v) is 16.3. The number of hydrogen-bond acceptors (Lipinski definition) is 8. The van der Waals surface area contributed by atoms with Crippen molar-refractivity contribution in [1.29, 1.82) is 5.26 Å². The van der Waals surface area contributed by atoms with Gasteiger partial charge in [0.25, 0.3) is 5.69 Å². The molecule has 9 nitrogen and oxygen atoms in total. The Morgan fingerprint density at radius 2 is 1.90 bits per heavy atom. The number of benzene rings is 1. The smallest absolute Gasteiger partial charge is 0.287 e. The molecule has 0 amide bonds. The summed E-state index contributed by atoms with van der Waals surface area (Å²) < 4.78 is 0. The van der Waals surface area contributed by atoms with Gasteiger partial charge >= 0.3 is 0 Å². The van der Waals surface area contributed by atoms with Crippen molar-refractivity contribution in [2.45, 2.75) is 0 Å². The fraction of sp³-hybridized carbons (Fsp3) is 0.111. The van der Waals surface area contributed by atoms with Crippen molar-refractivity contribution < 1.29 is 4.92 Å². The number of pyridine rings is 1. The summed E-state index contributed by atoms with van der Waals surface area (Å²) >= 11 is 12.2. The minimum atomic E-state index is -0.509. The molecule has 29 heavy (non-hydrogen) atoms. The Kier molecular flexibility index (Phi) is 6.39. The second-order valence-electron chi connectivity index (χ2n) is 5.70. The van der Waals surface area contributed by atoms with Gasteiger partial charge in [0.05, 0.1) is 27.4 Å². The van der Waals surface area contributed by atoms with Crippen LogP contribution in [0.1, 0.15) is 5.56 Å². The fourth-order valence-electron chi connectivity index (χ4n) is 2.40. The maximum absolute atomic E-state index is 10.6. The SMILES string of the molecule is N#Cc1cnc(NCCNc2ccc([N+](=O)[O-])cn2)nc1-c1ccc(Cl)cc1Cl. The highest BCUT2D eigenvalue weighted by atomic mass is 35.5. The first-order valence-corrected chi connectivity index (χ1v) is 9.04. The van der Waals surface area contributed by atoms with E-state index in [9.17, 15) is 15.4 Å². The lowest BCUT2D eigenvalue weighted by Crippen LogP contribution is -2.16. The summed E-state index contributed by atoms with van der Waals surface area (Å²) in [5.74, 6) is 0.829. The minimum absolute atomic E-state index is 0.0759. The van der Waals surface area contributed by atoms with Crippen LogP contribution in [0.3, 0.4) is 0 Å². The Balaban J connectivity index is 1.66. The maximum Gasteiger partial charge on any atom is 0.287 e. The molecular weight excluding hydrogens is 417 g/mol. The minimum Gasteiger partial charge on any atom is -0.368 e. The van der Waals surface area contributed by atoms with Crippen molar-refractivity contribution in [1.82, 2.24) is 15.0 Å². The molecule has 0 saturated heterocycles. The Morgan fingerprint density at radius 1 is 1.10 bits per heavy atom. The van der Waals surface area contributed by atoms with Crippen molar-refractivity contribution in [3.8, 4) is 17.3 Å². The lowest BCUT2D eigenvalue weighted by atomic mass is 10.1. The molecule has 0 saturated carbocycles. The molecule has 0 atom stereocenters. The van der Waals surface area contributed by atoms with Crippen LogP contribution in [0.4, 0.5) is 17.5 Å². The molecule has 11 heteroatoms. The Labute approximate surface area is 175 Å². The van der Waals surface area contributed by atoms with Crippen LogP contribution in [0.2, 0.25) is 10.0 Å². The van der Waals surface area contributed by atoms with E-state index in [1.165, 1.54) is 24.5 Å². The van der Waals surface area contributed by atoms with Crippen LogP contribution in [0.15, 0.2) is 42.7 Å². The van der Waals surface area contributed by atoms with E-state index in [0.717, 1.165) is 0 Å². The molecule has 146 valence electrons. The van der Waals surface area contributed by atoms with E-state index in [4.69, 9.17) is 23.2 Å². The van der Waals surface area contributed by atoms with Crippen LogP contribution in [0.5, 0.6) is 0 Å². The highest BCUT2D eigenvalue weighted by Crippen LogP contribution is 2.31. The Morgan fingerprint density at radius 3 is 2.55 bits per heavy atom. The number of aromatic nitrogens is 3. The summed E-state index contributed by atoms with van der Waals surface area (Å²) in [6.45, 7) is 0.906. The van der Waals surface area contributed by atoms with Gasteiger partial charge in [-0.25, -0.2) is 15.0 Å². The van der Waals surface area contributed by atoms with Gasteiger partial charge in [0.15, 0.2) is 0 Å². The van der Waals surface area contributed by atoms with Crippen LogP contribution in [-0.4, -0.2) is 33.0 Å². The van der Waals surface area contributed by atoms with E-state index in [0.29, 0.717) is 46.2 Å². The predicted octanol–water partition coefficient (Wildman–Crippen LogP) is 4.15. The normalized spacial score (nSPS) is 10.2. The monoisotopic (exact) mass is 429 g/mol. The van der Waals surface area contributed by atoms with E-state index < -0.39 is 4.92 Å². The summed E-state index contributed by atoms with van der Waals surface area (Å²) in [5.41, 5.74) is 1.18. The van der Waals surface area contributed by atoms with Crippen LogP contribution in [0, 0.1) is 21.4 Å². The number of nitro groups is 1. The summed E-state index contributed by atoms with van der Waals surface area (Å²) in [5, 5.41) is 26.9. The number of nitrogens with one attached hydrogen (secondary N) is 2. The average molecular weight is 430 g/mol. The fourth-order valence-corrected chi connectivity index (χ4v) is 2.90. The van der Waals surface area contributed by atoms with Crippen molar-refractivity contribution in [2.24, 2.45) is 0 Å². The third-order valence-electron chi connectivity index (χ3n) is 3.77. The van der Waals surface area contributed by atoms with Crippen molar-refractivity contribution >= 4 is 40.7 Å². The lowest BCUT2D eigenvalue weighted by Gasteiger charge is -2.10. The molecule has 3 rings (SSSR count). The molecule has 2 heterocycles. The predicted molar refractivity (Wildman–Crippen MR) is 110 cm³/mol. The lowest BCUT2D eigenvalue weighted by molar-refractivity contribution is -0.385. The molecular formula is C18H13Cl2N7O2. The topological polar surface area (TPSA) is 130 Å². The van der Waals surface area contributed by atoms with Gasteiger partial charge in [-0.2, -0.15) is 5.26 Å². The third kappa shape index (κ3) is 5.07. The quantitative estimate of drug-likeness (QED) is 0.325. The second kappa shape index (κ2) is 9.14. The van der Waals surface area contributed by atoms with E-state index in [-0.39, 0.29) is 11.3 Å². The van der Waals surface area contributed by atoms with Crippen LogP contribution in [0.25, 0.3) is 11.3 Å². The maximum atomic E-state index is 10.6. The highest BCUT2D eigenvalue weighted by Gasteiger charge is 2.13. The van der Waals surface area contributed by atoms with Gasteiger partial charge in [0.1, 0.15) is 18.1 Å². The number of rotatable bonds is 7. The zero-order valence-electron chi connectivity index (χ0n) is 14.8. The summed E-state index contributed by atoms with van der Waals surface area (Å²) in [7, 11) is 0. The number of anilines is 2. The van der Waals surface area contributed by atoms with Gasteiger partial charge in [-0.3, -0.25) is 10.1 Å². The van der Waals surface area contributed by atoms with Crippen molar-refractivity contribution in [3.63, 3.8) is 0 Å². The molecule has 0 unspecified atom stereocenters. The molecule has 1 aromatic carbocycles. The van der Waals surface area contributed by atoms with Gasteiger partial charge in [-0.15, -0.1) is 0 Å². The molecule has 2 N–H and O–H groups in total. The second-order valence-corrected chi connectivity index (χ2v) is 6.55. The summed E-state index contributed by atoms with van der Waals surface area (Å²) in [6.07, 6.45) is 2.60. The summed E-state index contributed by atoms with van der Waals surface area (Å²) in [6, 6.07) is 9.89. The van der Waals surface area contributed by atoms with E-state index in [1.54, 1.807) is 18.2 Å². The van der Waals surface area contributed by atoms with E-state index in [1.807, 2.05) is 0 Å². The van der Waals surface area contributed by atoms with Gasteiger partial charge in [-0.05, 0) is 24.3 Å². The molecule has 0 radical (unpaired) electrons. The molecule has 0 aliphatic rings. The first kappa shape index (κ1) is 20.3. The first-order valence-electron chi connectivity index (χ1n) is 8.28. The molecule has 0 spiro atoms. The molecule has 2 aromatic heterocycles. The molecule has 0 aliphatic heterocycles. The van der Waals surface area contributed by atoms with Gasteiger partial charge < -0.3 is 10.6 Å². The zero-order chi connectivity index (χ0) is 20.8. The van der Waals surface area contributed by atoms with Crippen LogP contribution >= 0.6 is 23.2 Å².